The van der Waals surface area contributed by atoms with Gasteiger partial charge in [0.25, 0.3) is 10.0 Å². The molecule has 0 heterocycles. The van der Waals surface area contributed by atoms with Crippen molar-refractivity contribution < 1.29 is 22.0 Å². The Morgan fingerprint density at radius 3 is 2.35 bits per heavy atom. The number of carbonyl (C=O) groups is 1. The maximum Gasteiger partial charge on any atom is 0.261 e. The van der Waals surface area contributed by atoms with Crippen molar-refractivity contribution in [1.29, 1.82) is 0 Å². The fourth-order valence-electron chi connectivity index (χ4n) is 1.83. The molecule has 0 aromatic heterocycles. The van der Waals surface area contributed by atoms with Crippen molar-refractivity contribution in [2.45, 2.75) is 18.7 Å². The van der Waals surface area contributed by atoms with E-state index in [9.17, 15) is 22.0 Å². The van der Waals surface area contributed by atoms with Gasteiger partial charge in [-0.25, -0.2) is 17.2 Å². The van der Waals surface area contributed by atoms with Crippen LogP contribution >= 0.6 is 0 Å². The molecule has 0 aliphatic rings. The summed E-state index contributed by atoms with van der Waals surface area (Å²) in [7, 11) is -4.05. The van der Waals surface area contributed by atoms with Crippen LogP contribution in [-0.2, 0) is 14.8 Å². The minimum Gasteiger partial charge on any atom is -0.324 e. The van der Waals surface area contributed by atoms with Crippen LogP contribution in [0, 0.1) is 18.6 Å². The summed E-state index contributed by atoms with van der Waals surface area (Å²) in [5, 5.41) is 2.20. The monoisotopic (exact) mass is 340 g/mol. The lowest BCUT2D eigenvalue weighted by Crippen LogP contribution is -2.15. The van der Waals surface area contributed by atoms with Crippen LogP contribution in [0.1, 0.15) is 12.5 Å². The fraction of sp³-hybridized carbons (Fsp3) is 0.133. The Balaban J connectivity index is 2.35. The number of amides is 1. The summed E-state index contributed by atoms with van der Waals surface area (Å²) in [4.78, 5) is 10.7. The molecule has 122 valence electrons. The van der Waals surface area contributed by atoms with Gasteiger partial charge in [0.15, 0.2) is 0 Å². The number of anilines is 2. The Labute approximate surface area is 132 Å². The van der Waals surface area contributed by atoms with Crippen LogP contribution in [0.3, 0.4) is 0 Å². The average molecular weight is 340 g/mol. The Hall–Kier alpha value is -2.48. The zero-order valence-corrected chi connectivity index (χ0v) is 13.2. The lowest BCUT2D eigenvalue weighted by atomic mass is 10.2. The van der Waals surface area contributed by atoms with Gasteiger partial charge in [-0.15, -0.1) is 0 Å². The smallest absolute Gasteiger partial charge is 0.261 e. The van der Waals surface area contributed by atoms with Gasteiger partial charge in [-0.3, -0.25) is 9.52 Å². The first kappa shape index (κ1) is 16.9. The number of benzene rings is 2. The Morgan fingerprint density at radius 2 is 1.74 bits per heavy atom. The number of carbonyl (C=O) groups excluding carboxylic acids is 1. The van der Waals surface area contributed by atoms with Crippen molar-refractivity contribution in [3.05, 3.63) is 53.6 Å². The molecule has 2 N–H and O–H groups in total. The molecule has 0 atom stereocenters. The standard InChI is InChI=1S/C15H14F2N2O3S/c1-9-3-4-11(7-14(9)17)19-23(21,22)12-5-6-13(16)15(8-12)18-10(2)20/h3-8,19H,1-2H3,(H,18,20). The highest BCUT2D eigenvalue weighted by Gasteiger charge is 2.17. The quantitative estimate of drug-likeness (QED) is 0.898. The van der Waals surface area contributed by atoms with Gasteiger partial charge in [0, 0.05) is 6.92 Å². The first-order chi connectivity index (χ1) is 10.7. The predicted octanol–water partition coefficient (Wildman–Crippen LogP) is 3.03. The molecule has 1 amide bonds. The molecule has 0 unspecified atom stereocenters. The molecule has 2 rings (SSSR count). The minimum absolute atomic E-state index is 0.0403. The third kappa shape index (κ3) is 4.04. The molecule has 0 saturated carbocycles. The predicted molar refractivity (Wildman–Crippen MR) is 82.6 cm³/mol. The summed E-state index contributed by atoms with van der Waals surface area (Å²) in [6.07, 6.45) is 0. The maximum absolute atomic E-state index is 13.6. The molecule has 8 heteroatoms. The van der Waals surface area contributed by atoms with Gasteiger partial charge in [0.2, 0.25) is 5.91 Å². The van der Waals surface area contributed by atoms with Crippen molar-refractivity contribution in [2.24, 2.45) is 0 Å². The fourth-order valence-corrected chi connectivity index (χ4v) is 2.90. The summed E-state index contributed by atoms with van der Waals surface area (Å²) >= 11 is 0. The third-order valence-electron chi connectivity index (χ3n) is 2.98. The SMILES string of the molecule is CC(=O)Nc1cc(S(=O)(=O)Nc2ccc(C)c(F)c2)ccc1F. The third-order valence-corrected chi connectivity index (χ3v) is 4.36. The normalized spacial score (nSPS) is 11.1. The first-order valence-corrected chi connectivity index (χ1v) is 8.03. The Kier molecular flexibility index (Phi) is 4.65. The second-order valence-corrected chi connectivity index (χ2v) is 6.57. The minimum atomic E-state index is -4.05. The number of rotatable bonds is 4. The van der Waals surface area contributed by atoms with Gasteiger partial charge in [0.1, 0.15) is 11.6 Å². The molecular formula is C15H14F2N2O3S. The molecule has 0 aliphatic heterocycles. The highest BCUT2D eigenvalue weighted by Crippen LogP contribution is 2.23. The molecule has 2 aromatic carbocycles. The van der Waals surface area contributed by atoms with Crippen LogP contribution in [0.4, 0.5) is 20.2 Å². The van der Waals surface area contributed by atoms with E-state index in [1.165, 1.54) is 19.1 Å². The molecule has 2 aromatic rings. The summed E-state index contributed by atoms with van der Waals surface area (Å²) in [6.45, 7) is 2.72. The lowest BCUT2D eigenvalue weighted by molar-refractivity contribution is -0.114. The van der Waals surface area contributed by atoms with E-state index >= 15 is 0 Å². The van der Waals surface area contributed by atoms with E-state index in [2.05, 4.69) is 10.0 Å². The average Bonchev–Trinajstić information content (AvgIpc) is 2.44. The highest BCUT2D eigenvalue weighted by atomic mass is 32.2. The molecule has 0 saturated heterocycles. The zero-order chi connectivity index (χ0) is 17.2. The van der Waals surface area contributed by atoms with E-state index in [-0.39, 0.29) is 16.3 Å². The van der Waals surface area contributed by atoms with Crippen LogP contribution in [0.5, 0.6) is 0 Å². The van der Waals surface area contributed by atoms with E-state index in [0.717, 1.165) is 24.3 Å². The van der Waals surface area contributed by atoms with Gasteiger partial charge in [-0.1, -0.05) is 6.07 Å². The molecule has 23 heavy (non-hydrogen) atoms. The lowest BCUT2D eigenvalue weighted by Gasteiger charge is -2.11. The second kappa shape index (κ2) is 6.33. The van der Waals surface area contributed by atoms with Crippen LogP contribution in [0.25, 0.3) is 0 Å². The van der Waals surface area contributed by atoms with Crippen molar-refractivity contribution in [1.82, 2.24) is 0 Å². The van der Waals surface area contributed by atoms with Crippen LogP contribution in [0.15, 0.2) is 41.3 Å². The van der Waals surface area contributed by atoms with E-state index in [4.69, 9.17) is 0 Å². The van der Waals surface area contributed by atoms with Gasteiger partial charge in [0.05, 0.1) is 16.3 Å². The van der Waals surface area contributed by atoms with Gasteiger partial charge in [-0.05, 0) is 42.8 Å². The molecule has 0 radical (unpaired) electrons. The highest BCUT2D eigenvalue weighted by molar-refractivity contribution is 7.92. The Bertz CT molecular complexity index is 867. The van der Waals surface area contributed by atoms with Crippen molar-refractivity contribution in [3.8, 4) is 0 Å². The number of hydrogen-bond acceptors (Lipinski definition) is 3. The zero-order valence-electron chi connectivity index (χ0n) is 12.4. The van der Waals surface area contributed by atoms with E-state index in [1.807, 2.05) is 0 Å². The summed E-state index contributed by atoms with van der Waals surface area (Å²) in [6, 6.07) is 6.85. The van der Waals surface area contributed by atoms with Gasteiger partial charge < -0.3 is 5.32 Å². The van der Waals surface area contributed by atoms with Crippen molar-refractivity contribution in [3.63, 3.8) is 0 Å². The molecule has 0 fully saturated rings. The second-order valence-electron chi connectivity index (χ2n) is 4.89. The number of halogens is 2. The molecule has 5 nitrogen and oxygen atoms in total. The number of aryl methyl sites for hydroxylation is 1. The van der Waals surface area contributed by atoms with Crippen molar-refractivity contribution >= 4 is 27.3 Å². The topological polar surface area (TPSA) is 75.3 Å². The first-order valence-electron chi connectivity index (χ1n) is 6.55. The molecular weight excluding hydrogens is 326 g/mol. The van der Waals surface area contributed by atoms with Crippen LogP contribution < -0.4 is 10.0 Å². The molecule has 0 bridgehead atoms. The van der Waals surface area contributed by atoms with Crippen molar-refractivity contribution in [2.75, 3.05) is 10.0 Å². The maximum atomic E-state index is 13.6. The number of hydrogen-bond donors (Lipinski definition) is 2. The van der Waals surface area contributed by atoms with E-state index in [1.54, 1.807) is 6.92 Å². The summed E-state index contributed by atoms with van der Waals surface area (Å²) < 4.78 is 53.8. The van der Waals surface area contributed by atoms with E-state index in [0.29, 0.717) is 5.56 Å². The summed E-state index contributed by atoms with van der Waals surface area (Å²) in [5.41, 5.74) is 0.164. The number of nitrogens with one attached hydrogen (secondary N) is 2. The van der Waals surface area contributed by atoms with Crippen LogP contribution in [0.2, 0.25) is 0 Å². The van der Waals surface area contributed by atoms with Gasteiger partial charge in [-0.2, -0.15) is 0 Å². The number of sulfonamides is 1. The van der Waals surface area contributed by atoms with E-state index < -0.39 is 27.6 Å². The summed E-state index contributed by atoms with van der Waals surface area (Å²) in [5.74, 6) is -1.85. The van der Waals surface area contributed by atoms with Gasteiger partial charge >= 0.3 is 0 Å². The molecule has 0 spiro atoms. The largest absolute Gasteiger partial charge is 0.324 e. The van der Waals surface area contributed by atoms with Crippen LogP contribution in [-0.4, -0.2) is 14.3 Å². The Morgan fingerprint density at radius 1 is 1.04 bits per heavy atom. The molecule has 0 aliphatic carbocycles.